The Hall–Kier alpha value is -2.87. The molecule has 0 fully saturated rings. The number of halogens is 1. The molecule has 0 aliphatic heterocycles. The van der Waals surface area contributed by atoms with E-state index >= 15 is 0 Å². The lowest BCUT2D eigenvalue weighted by atomic mass is 10.2. The summed E-state index contributed by atoms with van der Waals surface area (Å²) < 4.78 is 23.5. The molecule has 0 bridgehead atoms. The van der Waals surface area contributed by atoms with Gasteiger partial charge in [0.2, 0.25) is 11.8 Å². The number of ether oxygens (including phenoxy) is 1. The van der Waals surface area contributed by atoms with Crippen molar-refractivity contribution in [3.63, 3.8) is 0 Å². The molecule has 1 heterocycles. The zero-order valence-electron chi connectivity index (χ0n) is 13.9. The summed E-state index contributed by atoms with van der Waals surface area (Å²) in [5, 5.41) is 10.9. The third-order valence-corrected chi connectivity index (χ3v) is 4.29. The molecular formula is C18H16FN3O3S. The minimum absolute atomic E-state index is 0.146. The number of rotatable bonds is 7. The van der Waals surface area contributed by atoms with Crippen molar-refractivity contribution in [3.8, 4) is 17.2 Å². The van der Waals surface area contributed by atoms with Crippen LogP contribution in [0, 0.1) is 5.82 Å². The molecular weight excluding hydrogens is 357 g/mol. The number of hydrogen-bond acceptors (Lipinski definition) is 6. The zero-order valence-corrected chi connectivity index (χ0v) is 14.8. The Morgan fingerprint density at radius 2 is 1.88 bits per heavy atom. The van der Waals surface area contributed by atoms with Gasteiger partial charge in [-0.1, -0.05) is 23.9 Å². The Labute approximate surface area is 153 Å². The maximum Gasteiger partial charge on any atom is 0.277 e. The quantitative estimate of drug-likeness (QED) is 0.641. The van der Waals surface area contributed by atoms with Gasteiger partial charge in [-0.3, -0.25) is 4.79 Å². The summed E-state index contributed by atoms with van der Waals surface area (Å²) in [5.41, 5.74) is 1.59. The molecule has 8 heteroatoms. The van der Waals surface area contributed by atoms with Crippen molar-refractivity contribution in [1.82, 2.24) is 15.5 Å². The van der Waals surface area contributed by atoms with Crippen LogP contribution in [0.2, 0.25) is 0 Å². The van der Waals surface area contributed by atoms with Gasteiger partial charge in [-0.2, -0.15) is 0 Å². The van der Waals surface area contributed by atoms with E-state index in [1.165, 1.54) is 12.1 Å². The van der Waals surface area contributed by atoms with Crippen molar-refractivity contribution in [2.24, 2.45) is 0 Å². The van der Waals surface area contributed by atoms with E-state index in [-0.39, 0.29) is 28.6 Å². The number of hydrogen-bond donors (Lipinski definition) is 1. The van der Waals surface area contributed by atoms with Crippen molar-refractivity contribution in [2.75, 3.05) is 12.9 Å². The Balaban J connectivity index is 1.47. The molecule has 3 aromatic rings. The average Bonchev–Trinajstić information content (AvgIpc) is 3.14. The van der Waals surface area contributed by atoms with Gasteiger partial charge in [-0.15, -0.1) is 10.2 Å². The van der Waals surface area contributed by atoms with Crippen LogP contribution < -0.4 is 10.1 Å². The first-order valence-corrected chi connectivity index (χ1v) is 8.74. The number of carbonyl (C=O) groups excluding carboxylic acids is 1. The van der Waals surface area contributed by atoms with Crippen LogP contribution in [-0.4, -0.2) is 29.0 Å². The van der Waals surface area contributed by atoms with Gasteiger partial charge in [0, 0.05) is 12.1 Å². The van der Waals surface area contributed by atoms with Crippen molar-refractivity contribution < 1.29 is 18.3 Å². The number of carbonyl (C=O) groups is 1. The first kappa shape index (κ1) is 17.9. The lowest BCUT2D eigenvalue weighted by Gasteiger charge is -2.05. The molecule has 1 N–H and O–H groups in total. The number of benzene rings is 2. The maximum absolute atomic E-state index is 12.9. The van der Waals surface area contributed by atoms with Gasteiger partial charge in [-0.05, 0) is 42.0 Å². The lowest BCUT2D eigenvalue weighted by molar-refractivity contribution is -0.118. The molecule has 0 radical (unpaired) electrons. The molecule has 0 spiro atoms. The summed E-state index contributed by atoms with van der Waals surface area (Å²) in [6.07, 6.45) is 0. The molecule has 1 aromatic heterocycles. The SMILES string of the molecule is COc1ccc(CNC(=O)CSc2nnc(-c3ccc(F)cc3)o2)cc1. The lowest BCUT2D eigenvalue weighted by Crippen LogP contribution is -2.24. The number of nitrogens with one attached hydrogen (secondary N) is 1. The first-order valence-electron chi connectivity index (χ1n) is 7.76. The maximum atomic E-state index is 12.9. The number of thioether (sulfide) groups is 1. The highest BCUT2D eigenvalue weighted by atomic mass is 32.2. The van der Waals surface area contributed by atoms with Gasteiger partial charge in [0.05, 0.1) is 12.9 Å². The Morgan fingerprint density at radius 3 is 2.58 bits per heavy atom. The third kappa shape index (κ3) is 4.82. The van der Waals surface area contributed by atoms with E-state index in [0.29, 0.717) is 12.1 Å². The normalized spacial score (nSPS) is 10.5. The first-order chi connectivity index (χ1) is 12.6. The third-order valence-electron chi connectivity index (χ3n) is 3.47. The smallest absolute Gasteiger partial charge is 0.277 e. The predicted molar refractivity (Wildman–Crippen MR) is 95.3 cm³/mol. The topological polar surface area (TPSA) is 77.2 Å². The minimum atomic E-state index is -0.337. The number of nitrogens with zero attached hydrogens (tertiary/aromatic N) is 2. The van der Waals surface area contributed by atoms with Crippen LogP contribution in [-0.2, 0) is 11.3 Å². The molecule has 0 aliphatic rings. The molecule has 0 atom stereocenters. The summed E-state index contributed by atoms with van der Waals surface area (Å²) in [7, 11) is 1.60. The fourth-order valence-electron chi connectivity index (χ4n) is 2.10. The molecule has 0 saturated heterocycles. The highest BCUT2D eigenvalue weighted by Crippen LogP contribution is 2.23. The Kier molecular flexibility index (Phi) is 5.85. The molecule has 26 heavy (non-hydrogen) atoms. The zero-order chi connectivity index (χ0) is 18.4. The fourth-order valence-corrected chi connectivity index (χ4v) is 2.69. The number of aromatic nitrogens is 2. The highest BCUT2D eigenvalue weighted by Gasteiger charge is 2.11. The van der Waals surface area contributed by atoms with E-state index in [0.717, 1.165) is 23.1 Å². The van der Waals surface area contributed by atoms with Crippen molar-refractivity contribution >= 4 is 17.7 Å². The molecule has 6 nitrogen and oxygen atoms in total. The van der Waals surface area contributed by atoms with Gasteiger partial charge < -0.3 is 14.5 Å². The molecule has 0 aliphatic carbocycles. The second kappa shape index (κ2) is 8.48. The van der Waals surface area contributed by atoms with Gasteiger partial charge in [-0.25, -0.2) is 4.39 Å². The standard InChI is InChI=1S/C18H16FN3O3S/c1-24-15-8-2-12(3-9-15)10-20-16(23)11-26-18-22-21-17(25-18)13-4-6-14(19)7-5-13/h2-9H,10-11H2,1H3,(H,20,23). The van der Waals surface area contributed by atoms with Crippen LogP contribution in [0.5, 0.6) is 5.75 Å². The van der Waals surface area contributed by atoms with E-state index in [1.807, 2.05) is 24.3 Å². The molecule has 134 valence electrons. The molecule has 2 aromatic carbocycles. The molecule has 0 saturated carbocycles. The largest absolute Gasteiger partial charge is 0.497 e. The summed E-state index contributed by atoms with van der Waals surface area (Å²) in [5.74, 6) is 0.722. The molecule has 1 amide bonds. The Morgan fingerprint density at radius 1 is 1.15 bits per heavy atom. The molecule has 0 unspecified atom stereocenters. The van der Waals surface area contributed by atoms with Crippen LogP contribution >= 0.6 is 11.8 Å². The summed E-state index contributed by atoms with van der Waals surface area (Å²) in [4.78, 5) is 11.9. The van der Waals surface area contributed by atoms with E-state index in [1.54, 1.807) is 19.2 Å². The van der Waals surface area contributed by atoms with Crippen LogP contribution in [0.1, 0.15) is 5.56 Å². The fraction of sp³-hybridized carbons (Fsp3) is 0.167. The summed E-state index contributed by atoms with van der Waals surface area (Å²) >= 11 is 1.14. The second-order valence-corrected chi connectivity index (χ2v) is 6.22. The second-order valence-electron chi connectivity index (χ2n) is 5.29. The molecule has 3 rings (SSSR count). The van der Waals surface area contributed by atoms with Gasteiger partial charge in [0.15, 0.2) is 0 Å². The van der Waals surface area contributed by atoms with E-state index in [4.69, 9.17) is 9.15 Å². The van der Waals surface area contributed by atoms with Crippen LogP contribution in [0.4, 0.5) is 4.39 Å². The monoisotopic (exact) mass is 373 g/mol. The van der Waals surface area contributed by atoms with Crippen molar-refractivity contribution in [2.45, 2.75) is 11.8 Å². The predicted octanol–water partition coefficient (Wildman–Crippen LogP) is 3.29. The highest BCUT2D eigenvalue weighted by molar-refractivity contribution is 7.99. The minimum Gasteiger partial charge on any atom is -0.497 e. The van der Waals surface area contributed by atoms with Crippen molar-refractivity contribution in [1.29, 1.82) is 0 Å². The average molecular weight is 373 g/mol. The van der Waals surface area contributed by atoms with E-state index in [9.17, 15) is 9.18 Å². The van der Waals surface area contributed by atoms with E-state index < -0.39 is 0 Å². The summed E-state index contributed by atoms with van der Waals surface area (Å²) in [6.45, 7) is 0.425. The van der Waals surface area contributed by atoms with E-state index in [2.05, 4.69) is 15.5 Å². The summed E-state index contributed by atoms with van der Waals surface area (Å²) in [6, 6.07) is 13.2. The van der Waals surface area contributed by atoms with Crippen molar-refractivity contribution in [3.05, 3.63) is 59.9 Å². The Bertz CT molecular complexity index is 866. The van der Waals surface area contributed by atoms with Crippen LogP contribution in [0.25, 0.3) is 11.5 Å². The number of methoxy groups -OCH3 is 1. The van der Waals surface area contributed by atoms with Gasteiger partial charge in [0.25, 0.3) is 5.22 Å². The number of amides is 1. The van der Waals surface area contributed by atoms with Crippen LogP contribution in [0.15, 0.2) is 58.2 Å². The van der Waals surface area contributed by atoms with Gasteiger partial charge in [0.1, 0.15) is 11.6 Å². The van der Waals surface area contributed by atoms with Crippen LogP contribution in [0.3, 0.4) is 0 Å². The van der Waals surface area contributed by atoms with Gasteiger partial charge >= 0.3 is 0 Å².